The van der Waals surface area contributed by atoms with E-state index in [2.05, 4.69) is 0 Å². The van der Waals surface area contributed by atoms with Gasteiger partial charge in [-0.1, -0.05) is 19.1 Å². The number of phenolic OH excluding ortho intramolecular Hbond substituents is 1. The Morgan fingerprint density at radius 3 is 2.74 bits per heavy atom. The monoisotopic (exact) mass is 260 g/mol. The first-order valence-electron chi connectivity index (χ1n) is 6.46. The Morgan fingerprint density at radius 2 is 2.05 bits per heavy atom. The van der Waals surface area contributed by atoms with Gasteiger partial charge in [-0.3, -0.25) is 14.5 Å². The van der Waals surface area contributed by atoms with Gasteiger partial charge in [0.25, 0.3) is 5.91 Å². The average Bonchev–Trinajstić information content (AvgIpc) is 2.78. The van der Waals surface area contributed by atoms with E-state index < -0.39 is 12.1 Å². The fraction of sp³-hybridized carbons (Fsp3) is 0.429. The molecule has 1 N–H and O–H groups in total. The summed E-state index contributed by atoms with van der Waals surface area (Å²) < 4.78 is 0. The van der Waals surface area contributed by atoms with E-state index in [9.17, 15) is 14.7 Å². The SMILES string of the molecule is CCC1C(=O)N2c3c(O)cccc3CC2C(=O)N1C. The van der Waals surface area contributed by atoms with Crippen molar-refractivity contribution in [1.82, 2.24) is 4.90 Å². The number of hydrogen-bond donors (Lipinski definition) is 1. The quantitative estimate of drug-likeness (QED) is 0.816. The van der Waals surface area contributed by atoms with E-state index in [1.165, 1.54) is 9.80 Å². The molecular weight excluding hydrogens is 244 g/mol. The van der Waals surface area contributed by atoms with Crippen LogP contribution in [0.5, 0.6) is 5.75 Å². The number of carbonyl (C=O) groups is 2. The number of nitrogens with zero attached hydrogens (tertiary/aromatic N) is 2. The molecule has 1 aromatic rings. The summed E-state index contributed by atoms with van der Waals surface area (Å²) in [5.41, 5.74) is 1.37. The number of phenols is 1. The zero-order chi connectivity index (χ0) is 13.7. The van der Waals surface area contributed by atoms with Gasteiger partial charge in [-0.25, -0.2) is 0 Å². The van der Waals surface area contributed by atoms with Crippen molar-refractivity contribution in [2.45, 2.75) is 31.8 Å². The first-order chi connectivity index (χ1) is 9.06. The van der Waals surface area contributed by atoms with Crippen LogP contribution in [0.2, 0.25) is 0 Å². The van der Waals surface area contributed by atoms with Crippen molar-refractivity contribution >= 4 is 17.5 Å². The highest BCUT2D eigenvalue weighted by atomic mass is 16.3. The molecule has 100 valence electrons. The van der Waals surface area contributed by atoms with E-state index in [0.717, 1.165) is 5.56 Å². The molecule has 5 heteroatoms. The zero-order valence-corrected chi connectivity index (χ0v) is 11.0. The van der Waals surface area contributed by atoms with E-state index in [0.29, 0.717) is 18.5 Å². The molecule has 2 atom stereocenters. The highest BCUT2D eigenvalue weighted by Gasteiger charge is 2.49. The van der Waals surface area contributed by atoms with Crippen molar-refractivity contribution in [2.75, 3.05) is 11.9 Å². The van der Waals surface area contributed by atoms with Crippen LogP contribution in [0.3, 0.4) is 0 Å². The molecule has 3 rings (SSSR count). The Bertz CT molecular complexity index is 570. The van der Waals surface area contributed by atoms with Gasteiger partial charge >= 0.3 is 0 Å². The number of benzene rings is 1. The molecule has 0 radical (unpaired) electrons. The van der Waals surface area contributed by atoms with Crippen LogP contribution in [0.4, 0.5) is 5.69 Å². The predicted octanol–water partition coefficient (Wildman–Crippen LogP) is 0.900. The second kappa shape index (κ2) is 3.98. The predicted molar refractivity (Wildman–Crippen MR) is 69.9 cm³/mol. The molecule has 2 aliphatic rings. The minimum atomic E-state index is -0.497. The molecule has 0 bridgehead atoms. The molecule has 1 aromatic carbocycles. The Kier molecular flexibility index (Phi) is 2.52. The van der Waals surface area contributed by atoms with Gasteiger partial charge in [-0.2, -0.15) is 0 Å². The van der Waals surface area contributed by atoms with Gasteiger partial charge in [0.2, 0.25) is 5.91 Å². The number of rotatable bonds is 1. The Labute approximate surface area is 111 Å². The summed E-state index contributed by atoms with van der Waals surface area (Å²) in [7, 11) is 1.68. The maximum Gasteiger partial charge on any atom is 0.250 e. The number of aromatic hydroxyl groups is 1. The van der Waals surface area contributed by atoms with Crippen molar-refractivity contribution in [1.29, 1.82) is 0 Å². The van der Waals surface area contributed by atoms with E-state index in [-0.39, 0.29) is 17.6 Å². The summed E-state index contributed by atoms with van der Waals surface area (Å²) in [6.07, 6.45) is 1.06. The van der Waals surface area contributed by atoms with Crippen molar-refractivity contribution < 1.29 is 14.7 Å². The van der Waals surface area contributed by atoms with E-state index in [4.69, 9.17) is 0 Å². The Hall–Kier alpha value is -2.04. The summed E-state index contributed by atoms with van der Waals surface area (Å²) in [6.45, 7) is 1.88. The molecule has 2 aliphatic heterocycles. The van der Waals surface area contributed by atoms with Gasteiger partial charge in [-0.05, 0) is 18.1 Å². The number of likely N-dealkylation sites (N-methyl/N-ethyl adjacent to an activating group) is 1. The lowest BCUT2D eigenvalue weighted by molar-refractivity contribution is -0.144. The first-order valence-corrected chi connectivity index (χ1v) is 6.46. The summed E-state index contributed by atoms with van der Waals surface area (Å²) in [4.78, 5) is 27.9. The van der Waals surface area contributed by atoms with Gasteiger partial charge in [-0.15, -0.1) is 0 Å². The minimum Gasteiger partial charge on any atom is -0.506 e. The van der Waals surface area contributed by atoms with Crippen LogP contribution in [0.1, 0.15) is 18.9 Å². The summed E-state index contributed by atoms with van der Waals surface area (Å²) in [5.74, 6) is -0.0857. The van der Waals surface area contributed by atoms with Crippen molar-refractivity contribution in [3.05, 3.63) is 23.8 Å². The topological polar surface area (TPSA) is 60.9 Å². The van der Waals surface area contributed by atoms with Crippen LogP contribution in [-0.2, 0) is 16.0 Å². The van der Waals surface area contributed by atoms with E-state index >= 15 is 0 Å². The fourth-order valence-electron chi connectivity index (χ4n) is 3.10. The average molecular weight is 260 g/mol. The normalized spacial score (nSPS) is 25.6. The molecule has 5 nitrogen and oxygen atoms in total. The smallest absolute Gasteiger partial charge is 0.250 e. The maximum atomic E-state index is 12.5. The van der Waals surface area contributed by atoms with Gasteiger partial charge < -0.3 is 10.0 Å². The fourth-order valence-corrected chi connectivity index (χ4v) is 3.10. The van der Waals surface area contributed by atoms with Gasteiger partial charge in [0.15, 0.2) is 0 Å². The Balaban J connectivity index is 2.12. The third-order valence-corrected chi connectivity index (χ3v) is 4.07. The zero-order valence-electron chi connectivity index (χ0n) is 11.0. The number of piperazine rings is 1. The molecule has 1 saturated heterocycles. The molecule has 0 aromatic heterocycles. The van der Waals surface area contributed by atoms with Crippen LogP contribution in [0.25, 0.3) is 0 Å². The summed E-state index contributed by atoms with van der Waals surface area (Å²) >= 11 is 0. The van der Waals surface area contributed by atoms with Crippen molar-refractivity contribution in [2.24, 2.45) is 0 Å². The molecule has 2 heterocycles. The van der Waals surface area contributed by atoms with Crippen molar-refractivity contribution in [3.63, 3.8) is 0 Å². The molecule has 0 aliphatic carbocycles. The number of amides is 2. The van der Waals surface area contributed by atoms with Gasteiger partial charge in [0.1, 0.15) is 17.8 Å². The third kappa shape index (κ3) is 1.47. The summed E-state index contributed by atoms with van der Waals surface area (Å²) in [6, 6.07) is 4.22. The highest BCUT2D eigenvalue weighted by molar-refractivity contribution is 6.11. The standard InChI is InChI=1S/C14H16N2O3/c1-3-9-14(19)16-10(13(18)15(9)2)7-8-5-4-6-11(17)12(8)16/h4-6,9-10,17H,3,7H2,1-2H3. The number of fused-ring (bicyclic) bond motifs is 3. The van der Waals surface area contributed by atoms with Gasteiger partial charge in [0, 0.05) is 13.5 Å². The van der Waals surface area contributed by atoms with Crippen molar-refractivity contribution in [3.8, 4) is 5.75 Å². The molecule has 2 unspecified atom stereocenters. The molecule has 0 spiro atoms. The summed E-state index contributed by atoms with van der Waals surface area (Å²) in [5, 5.41) is 9.98. The number of anilines is 1. The number of hydrogen-bond acceptors (Lipinski definition) is 3. The molecule has 2 amide bonds. The largest absolute Gasteiger partial charge is 0.506 e. The molecular formula is C14H16N2O3. The number of para-hydroxylation sites is 1. The van der Waals surface area contributed by atoms with E-state index in [1.807, 2.05) is 13.0 Å². The van der Waals surface area contributed by atoms with E-state index in [1.54, 1.807) is 19.2 Å². The first kappa shape index (κ1) is 12.0. The second-order valence-corrected chi connectivity index (χ2v) is 5.09. The van der Waals surface area contributed by atoms with Crippen LogP contribution in [-0.4, -0.2) is 41.0 Å². The van der Waals surface area contributed by atoms with Crippen LogP contribution < -0.4 is 4.90 Å². The lowest BCUT2D eigenvalue weighted by atomic mass is 10.0. The van der Waals surface area contributed by atoms with Crippen LogP contribution >= 0.6 is 0 Å². The van der Waals surface area contributed by atoms with Crippen LogP contribution in [0, 0.1) is 0 Å². The minimum absolute atomic E-state index is 0.0537. The number of carbonyl (C=O) groups excluding carboxylic acids is 2. The maximum absolute atomic E-state index is 12.5. The molecule has 1 fully saturated rings. The van der Waals surface area contributed by atoms with Gasteiger partial charge in [0.05, 0.1) is 5.69 Å². The lowest BCUT2D eigenvalue weighted by Gasteiger charge is -2.40. The highest BCUT2D eigenvalue weighted by Crippen LogP contribution is 2.42. The van der Waals surface area contributed by atoms with Crippen LogP contribution in [0.15, 0.2) is 18.2 Å². The Morgan fingerprint density at radius 1 is 1.32 bits per heavy atom. The third-order valence-electron chi connectivity index (χ3n) is 4.07. The lowest BCUT2D eigenvalue weighted by Crippen LogP contribution is -2.62. The second-order valence-electron chi connectivity index (χ2n) is 5.09. The molecule has 19 heavy (non-hydrogen) atoms. The molecule has 0 saturated carbocycles.